The number of aliphatic imine (C=N–C) groups is 1. The van der Waals surface area contributed by atoms with Crippen LogP contribution >= 0.6 is 11.3 Å². The Morgan fingerprint density at radius 1 is 1.35 bits per heavy atom. The number of hydrogen-bond donors (Lipinski definition) is 0. The van der Waals surface area contributed by atoms with Gasteiger partial charge in [0, 0.05) is 18.8 Å². The maximum absolute atomic E-state index is 4.75. The minimum Gasteiger partial charge on any atom is -0.303 e. The molecule has 0 aliphatic carbocycles. The summed E-state index contributed by atoms with van der Waals surface area (Å²) in [6, 6.07) is 6.61. The summed E-state index contributed by atoms with van der Waals surface area (Å²) in [4.78, 5) is 11.6. The molecule has 0 spiro atoms. The molecule has 0 amide bonds. The largest absolute Gasteiger partial charge is 0.303 e. The Kier molecular flexibility index (Phi) is 3.85. The lowest BCUT2D eigenvalue weighted by Gasteiger charge is -2.17. The smallest absolute Gasteiger partial charge is 0.108 e. The van der Waals surface area contributed by atoms with E-state index in [-0.39, 0.29) is 0 Å². The number of rotatable bonds is 3. The lowest BCUT2D eigenvalue weighted by molar-refractivity contribution is 0.402. The van der Waals surface area contributed by atoms with Crippen LogP contribution in [0.4, 0.5) is 0 Å². The molecule has 20 heavy (non-hydrogen) atoms. The molecule has 4 heteroatoms. The summed E-state index contributed by atoms with van der Waals surface area (Å²) < 4.78 is 1.27. The third kappa shape index (κ3) is 2.91. The molecule has 0 saturated heterocycles. The third-order valence-electron chi connectivity index (χ3n) is 3.68. The van der Waals surface area contributed by atoms with Crippen LogP contribution < -0.4 is 0 Å². The Morgan fingerprint density at radius 3 is 2.90 bits per heavy atom. The number of aromatic nitrogens is 1. The first kappa shape index (κ1) is 13.7. The van der Waals surface area contributed by atoms with E-state index in [2.05, 4.69) is 44.1 Å². The maximum atomic E-state index is 4.75. The number of fused-ring (bicyclic) bond motifs is 1. The first-order valence-corrected chi connectivity index (χ1v) is 8.01. The summed E-state index contributed by atoms with van der Waals surface area (Å²) in [5, 5.41) is 1.18. The fourth-order valence-corrected chi connectivity index (χ4v) is 3.61. The van der Waals surface area contributed by atoms with Gasteiger partial charge in [-0.3, -0.25) is 4.99 Å². The van der Waals surface area contributed by atoms with Crippen molar-refractivity contribution in [1.29, 1.82) is 0 Å². The Labute approximate surface area is 124 Å². The summed E-state index contributed by atoms with van der Waals surface area (Å²) in [5.74, 6) is 0.730. The van der Waals surface area contributed by atoms with Gasteiger partial charge < -0.3 is 4.90 Å². The van der Waals surface area contributed by atoms with Crippen LogP contribution in [0, 0.1) is 5.92 Å². The minimum absolute atomic E-state index is 0.730. The van der Waals surface area contributed by atoms with E-state index in [1.807, 2.05) is 0 Å². The lowest BCUT2D eigenvalue weighted by Crippen LogP contribution is -2.14. The molecule has 1 aliphatic rings. The second-order valence-electron chi connectivity index (χ2n) is 5.96. The predicted octanol–water partition coefficient (Wildman–Crippen LogP) is 3.58. The van der Waals surface area contributed by atoms with Crippen molar-refractivity contribution in [3.05, 3.63) is 28.8 Å². The standard InChI is InChI=1S/C16H21N3S/c1-11-4-6-13(17-9-11)12-5-7-15-14(8-12)18-16(20-15)10-19(2)3/h5,7-8,11H,4,6,9-10H2,1-3H3/t11-/m0/s1. The second-order valence-corrected chi connectivity index (χ2v) is 7.07. The first-order valence-electron chi connectivity index (χ1n) is 7.19. The van der Waals surface area contributed by atoms with Crippen LogP contribution in [0.5, 0.6) is 0 Å². The highest BCUT2D eigenvalue weighted by Crippen LogP contribution is 2.26. The average Bonchev–Trinajstić information content (AvgIpc) is 2.79. The van der Waals surface area contributed by atoms with Gasteiger partial charge in [0.2, 0.25) is 0 Å². The monoisotopic (exact) mass is 287 g/mol. The zero-order valence-electron chi connectivity index (χ0n) is 12.4. The molecule has 0 N–H and O–H groups in total. The van der Waals surface area contributed by atoms with E-state index in [9.17, 15) is 0 Å². The topological polar surface area (TPSA) is 28.5 Å². The number of nitrogens with zero attached hydrogens (tertiary/aromatic N) is 3. The van der Waals surface area contributed by atoms with E-state index in [1.54, 1.807) is 11.3 Å². The van der Waals surface area contributed by atoms with Crippen LogP contribution in [0.1, 0.15) is 30.3 Å². The molecule has 2 heterocycles. The maximum Gasteiger partial charge on any atom is 0.108 e. The predicted molar refractivity (Wildman–Crippen MR) is 86.8 cm³/mol. The van der Waals surface area contributed by atoms with Crippen LogP contribution in [0.3, 0.4) is 0 Å². The van der Waals surface area contributed by atoms with Crippen molar-refractivity contribution in [2.24, 2.45) is 10.9 Å². The molecule has 3 rings (SSSR count). The fourth-order valence-electron chi connectivity index (χ4n) is 2.55. The molecule has 1 atom stereocenters. The summed E-state index contributed by atoms with van der Waals surface area (Å²) in [6.45, 7) is 4.15. The molecule has 0 radical (unpaired) electrons. The minimum atomic E-state index is 0.730. The molecule has 1 aliphatic heterocycles. The van der Waals surface area contributed by atoms with Gasteiger partial charge in [0.05, 0.1) is 10.2 Å². The zero-order chi connectivity index (χ0) is 14.1. The Balaban J connectivity index is 1.90. The molecule has 3 nitrogen and oxygen atoms in total. The van der Waals surface area contributed by atoms with Gasteiger partial charge >= 0.3 is 0 Å². The number of thiazole rings is 1. The second kappa shape index (κ2) is 5.62. The summed E-state index contributed by atoms with van der Waals surface area (Å²) in [7, 11) is 4.16. The highest BCUT2D eigenvalue weighted by atomic mass is 32.1. The third-order valence-corrected chi connectivity index (χ3v) is 4.71. The summed E-state index contributed by atoms with van der Waals surface area (Å²) in [6.07, 6.45) is 2.35. The van der Waals surface area contributed by atoms with E-state index in [0.29, 0.717) is 0 Å². The van der Waals surface area contributed by atoms with Crippen LogP contribution in [0.2, 0.25) is 0 Å². The molecule has 0 fully saturated rings. The van der Waals surface area contributed by atoms with E-state index in [0.717, 1.165) is 30.9 Å². The highest BCUT2D eigenvalue weighted by Gasteiger charge is 2.14. The van der Waals surface area contributed by atoms with Crippen LogP contribution in [-0.2, 0) is 6.54 Å². The van der Waals surface area contributed by atoms with Crippen molar-refractivity contribution in [2.45, 2.75) is 26.3 Å². The molecule has 1 aromatic carbocycles. The van der Waals surface area contributed by atoms with Gasteiger partial charge in [-0.25, -0.2) is 4.98 Å². The van der Waals surface area contributed by atoms with Gasteiger partial charge in [-0.15, -0.1) is 11.3 Å². The van der Waals surface area contributed by atoms with Gasteiger partial charge in [-0.2, -0.15) is 0 Å². The van der Waals surface area contributed by atoms with Crippen molar-refractivity contribution < 1.29 is 0 Å². The average molecular weight is 287 g/mol. The quantitative estimate of drug-likeness (QED) is 0.863. The van der Waals surface area contributed by atoms with Crippen molar-refractivity contribution in [1.82, 2.24) is 9.88 Å². The van der Waals surface area contributed by atoms with E-state index in [1.165, 1.54) is 27.4 Å². The Morgan fingerprint density at radius 2 is 2.20 bits per heavy atom. The van der Waals surface area contributed by atoms with Gasteiger partial charge in [0.15, 0.2) is 0 Å². The highest BCUT2D eigenvalue weighted by molar-refractivity contribution is 7.18. The summed E-state index contributed by atoms with van der Waals surface area (Å²) in [5.41, 5.74) is 3.63. The molecule has 2 aromatic rings. The Bertz CT molecular complexity index is 642. The number of benzene rings is 1. The van der Waals surface area contributed by atoms with E-state index < -0.39 is 0 Å². The molecular weight excluding hydrogens is 266 g/mol. The number of hydrogen-bond acceptors (Lipinski definition) is 4. The molecule has 1 aromatic heterocycles. The first-order chi connectivity index (χ1) is 9.61. The lowest BCUT2D eigenvalue weighted by atomic mass is 9.96. The van der Waals surface area contributed by atoms with Crippen molar-refractivity contribution in [2.75, 3.05) is 20.6 Å². The molecule has 0 bridgehead atoms. The van der Waals surface area contributed by atoms with Crippen LogP contribution in [-0.4, -0.2) is 36.2 Å². The van der Waals surface area contributed by atoms with Crippen molar-refractivity contribution in [3.63, 3.8) is 0 Å². The zero-order valence-corrected chi connectivity index (χ0v) is 13.2. The molecule has 0 unspecified atom stereocenters. The Hall–Kier alpha value is -1.26. The van der Waals surface area contributed by atoms with E-state index >= 15 is 0 Å². The van der Waals surface area contributed by atoms with Gasteiger partial charge in [-0.1, -0.05) is 13.0 Å². The van der Waals surface area contributed by atoms with Gasteiger partial charge in [0.1, 0.15) is 5.01 Å². The molecular formula is C16H21N3S. The van der Waals surface area contributed by atoms with Gasteiger partial charge in [-0.05, 0) is 50.6 Å². The fraction of sp³-hybridized carbons (Fsp3) is 0.500. The summed E-state index contributed by atoms with van der Waals surface area (Å²) >= 11 is 1.79. The molecule has 0 saturated carbocycles. The molecule has 106 valence electrons. The van der Waals surface area contributed by atoms with E-state index in [4.69, 9.17) is 9.98 Å². The van der Waals surface area contributed by atoms with Gasteiger partial charge in [0.25, 0.3) is 0 Å². The van der Waals surface area contributed by atoms with Crippen molar-refractivity contribution in [3.8, 4) is 0 Å². The van der Waals surface area contributed by atoms with Crippen LogP contribution in [0.25, 0.3) is 10.2 Å². The normalized spacial score (nSPS) is 19.6. The van der Waals surface area contributed by atoms with Crippen molar-refractivity contribution >= 4 is 27.3 Å². The SMILES string of the molecule is C[C@H]1CCC(c2ccc3sc(CN(C)C)nc3c2)=NC1. The van der Waals surface area contributed by atoms with Crippen LogP contribution in [0.15, 0.2) is 23.2 Å².